The number of carbonyl (C=O) groups is 2. The number of rotatable bonds is 3. The predicted octanol–water partition coefficient (Wildman–Crippen LogP) is 6.19. The van der Waals surface area contributed by atoms with Crippen molar-refractivity contribution in [3.8, 4) is 11.1 Å². The lowest BCUT2D eigenvalue weighted by molar-refractivity contribution is -0.140. The van der Waals surface area contributed by atoms with E-state index in [1.165, 1.54) is 4.90 Å². The van der Waals surface area contributed by atoms with Crippen LogP contribution in [-0.4, -0.2) is 29.8 Å². The molecule has 176 valence electrons. The second kappa shape index (κ2) is 8.12. The molecule has 0 saturated heterocycles. The van der Waals surface area contributed by atoms with Gasteiger partial charge in [0.25, 0.3) is 0 Å². The monoisotopic (exact) mass is 465 g/mol. The van der Waals surface area contributed by atoms with E-state index in [9.17, 15) is 14.7 Å². The third-order valence-electron chi connectivity index (χ3n) is 8.02. The summed E-state index contributed by atoms with van der Waals surface area (Å²) in [5.41, 5.74) is 8.18. The number of benzene rings is 3. The van der Waals surface area contributed by atoms with Crippen molar-refractivity contribution >= 4 is 17.7 Å². The van der Waals surface area contributed by atoms with Crippen LogP contribution in [0.4, 0.5) is 10.5 Å². The standard InChI is InChI=1S/C30H27NO4/c1-17-14-15-25-23-12-7-13-24(23)28(29(32)33)31(27(25)18(17)2)30(34)35-16-26-21-10-5-3-8-19(21)20-9-4-6-11-22(20)26/h3-12,14-15,23-24,26,28H,13,16H2,1-2H3,(H,32,33)/t23-,24+,28-/m1/s1. The molecule has 0 radical (unpaired) electrons. The summed E-state index contributed by atoms with van der Waals surface area (Å²) in [5.74, 6) is -1.30. The van der Waals surface area contributed by atoms with Gasteiger partial charge in [-0.1, -0.05) is 72.8 Å². The first kappa shape index (κ1) is 21.7. The summed E-state index contributed by atoms with van der Waals surface area (Å²) in [5, 5.41) is 10.3. The molecular formula is C30H27NO4. The Labute approximate surface area is 204 Å². The Morgan fingerprint density at radius 2 is 1.60 bits per heavy atom. The van der Waals surface area contributed by atoms with Gasteiger partial charge in [0.1, 0.15) is 12.6 Å². The Morgan fingerprint density at radius 1 is 0.943 bits per heavy atom. The summed E-state index contributed by atoms with van der Waals surface area (Å²) < 4.78 is 5.96. The van der Waals surface area contributed by atoms with Crippen LogP contribution in [0.1, 0.15) is 46.1 Å². The van der Waals surface area contributed by atoms with Crippen molar-refractivity contribution in [2.45, 2.75) is 38.1 Å². The van der Waals surface area contributed by atoms with Gasteiger partial charge in [-0.3, -0.25) is 4.90 Å². The quantitative estimate of drug-likeness (QED) is 0.469. The van der Waals surface area contributed by atoms with Crippen molar-refractivity contribution in [2.75, 3.05) is 11.5 Å². The van der Waals surface area contributed by atoms with Crippen molar-refractivity contribution in [2.24, 2.45) is 5.92 Å². The first-order chi connectivity index (χ1) is 17.0. The van der Waals surface area contributed by atoms with E-state index in [0.29, 0.717) is 12.1 Å². The van der Waals surface area contributed by atoms with Crippen molar-refractivity contribution in [3.63, 3.8) is 0 Å². The van der Waals surface area contributed by atoms with Gasteiger partial charge in [0.15, 0.2) is 0 Å². The molecule has 1 aliphatic heterocycles. The number of allylic oxidation sites excluding steroid dienone is 2. The molecule has 5 nitrogen and oxygen atoms in total. The summed E-state index contributed by atoms with van der Waals surface area (Å²) >= 11 is 0. The molecule has 3 aromatic carbocycles. The molecule has 0 aromatic heterocycles. The first-order valence-corrected chi connectivity index (χ1v) is 12.1. The molecule has 0 fully saturated rings. The number of ether oxygens (including phenoxy) is 1. The molecule has 1 N–H and O–H groups in total. The van der Waals surface area contributed by atoms with Crippen LogP contribution in [0.5, 0.6) is 0 Å². The molecule has 1 amide bonds. The number of fused-ring (bicyclic) bond motifs is 6. The molecule has 5 heteroatoms. The molecule has 1 heterocycles. The summed E-state index contributed by atoms with van der Waals surface area (Å²) in [7, 11) is 0. The zero-order chi connectivity index (χ0) is 24.3. The van der Waals surface area contributed by atoms with Crippen LogP contribution in [-0.2, 0) is 9.53 Å². The van der Waals surface area contributed by atoms with E-state index in [2.05, 4.69) is 30.3 Å². The minimum atomic E-state index is -0.997. The number of hydrogen-bond acceptors (Lipinski definition) is 3. The maximum absolute atomic E-state index is 13.7. The number of aryl methyl sites for hydroxylation is 1. The van der Waals surface area contributed by atoms with Crippen LogP contribution in [0, 0.1) is 19.8 Å². The Bertz CT molecular complexity index is 1350. The van der Waals surface area contributed by atoms with E-state index in [-0.39, 0.29) is 24.4 Å². The minimum absolute atomic E-state index is 0.0111. The largest absolute Gasteiger partial charge is 0.480 e. The predicted molar refractivity (Wildman–Crippen MR) is 135 cm³/mol. The van der Waals surface area contributed by atoms with Crippen LogP contribution in [0.25, 0.3) is 11.1 Å². The molecular weight excluding hydrogens is 438 g/mol. The van der Waals surface area contributed by atoms with E-state index in [0.717, 1.165) is 38.9 Å². The molecule has 3 atom stereocenters. The van der Waals surface area contributed by atoms with E-state index in [1.54, 1.807) is 0 Å². The van der Waals surface area contributed by atoms with Gasteiger partial charge in [-0.2, -0.15) is 0 Å². The number of carboxylic acid groups (broad SMARTS) is 1. The normalized spacial score (nSPS) is 21.8. The fraction of sp³-hybridized carbons (Fsp3) is 0.267. The van der Waals surface area contributed by atoms with E-state index < -0.39 is 18.1 Å². The Kier molecular flexibility index (Phi) is 5.03. The number of carbonyl (C=O) groups excluding carboxylic acids is 1. The van der Waals surface area contributed by atoms with Gasteiger partial charge >= 0.3 is 12.1 Å². The van der Waals surface area contributed by atoms with Crippen molar-refractivity contribution in [1.82, 2.24) is 0 Å². The van der Waals surface area contributed by atoms with Crippen LogP contribution >= 0.6 is 0 Å². The number of carboxylic acids is 1. The van der Waals surface area contributed by atoms with Crippen molar-refractivity contribution < 1.29 is 19.4 Å². The lowest BCUT2D eigenvalue weighted by Crippen LogP contribution is -2.54. The van der Waals surface area contributed by atoms with Crippen molar-refractivity contribution in [1.29, 1.82) is 0 Å². The number of aliphatic carboxylic acids is 1. The van der Waals surface area contributed by atoms with Gasteiger partial charge < -0.3 is 9.84 Å². The van der Waals surface area contributed by atoms with Crippen LogP contribution in [0.15, 0.2) is 72.8 Å². The highest BCUT2D eigenvalue weighted by atomic mass is 16.6. The van der Waals surface area contributed by atoms with E-state index in [1.807, 2.05) is 56.3 Å². The fourth-order valence-corrected chi connectivity index (χ4v) is 6.23. The molecule has 6 rings (SSSR count). The molecule has 35 heavy (non-hydrogen) atoms. The zero-order valence-electron chi connectivity index (χ0n) is 19.8. The highest BCUT2D eigenvalue weighted by Crippen LogP contribution is 2.50. The Balaban J connectivity index is 1.37. The second-order valence-corrected chi connectivity index (χ2v) is 9.76. The van der Waals surface area contributed by atoms with Gasteiger partial charge in [0.2, 0.25) is 0 Å². The van der Waals surface area contributed by atoms with Gasteiger partial charge in [0, 0.05) is 17.8 Å². The van der Waals surface area contributed by atoms with Crippen LogP contribution < -0.4 is 4.90 Å². The maximum atomic E-state index is 13.7. The molecule has 0 saturated carbocycles. The second-order valence-electron chi connectivity index (χ2n) is 9.76. The summed E-state index contributed by atoms with van der Waals surface area (Å²) in [6.07, 6.45) is 4.15. The SMILES string of the molecule is Cc1ccc2c(c1C)N(C(=O)OCC1c3ccccc3-c3ccccc31)[C@@H](C(=O)O)[C@H]1CC=C[C@@H]21. The molecule has 3 aliphatic rings. The molecule has 0 bridgehead atoms. The molecule has 2 aliphatic carbocycles. The number of anilines is 1. The maximum Gasteiger partial charge on any atom is 0.415 e. The van der Waals surface area contributed by atoms with E-state index >= 15 is 0 Å². The number of amides is 1. The summed E-state index contributed by atoms with van der Waals surface area (Å²) in [4.78, 5) is 27.7. The molecule has 0 spiro atoms. The van der Waals surface area contributed by atoms with Crippen LogP contribution in [0.3, 0.4) is 0 Å². The van der Waals surface area contributed by atoms with E-state index in [4.69, 9.17) is 4.74 Å². The number of nitrogens with zero attached hydrogens (tertiary/aromatic N) is 1. The summed E-state index contributed by atoms with van der Waals surface area (Å²) in [6.45, 7) is 4.09. The Morgan fingerprint density at radius 3 is 2.26 bits per heavy atom. The van der Waals surface area contributed by atoms with Gasteiger partial charge in [-0.05, 0) is 59.2 Å². The molecule has 3 aromatic rings. The van der Waals surface area contributed by atoms with Crippen molar-refractivity contribution in [3.05, 3.63) is 101 Å². The minimum Gasteiger partial charge on any atom is -0.480 e. The third kappa shape index (κ3) is 3.22. The lowest BCUT2D eigenvalue weighted by atomic mass is 9.77. The number of hydrogen-bond donors (Lipinski definition) is 1. The third-order valence-corrected chi connectivity index (χ3v) is 8.02. The highest BCUT2D eigenvalue weighted by Gasteiger charge is 2.49. The smallest absolute Gasteiger partial charge is 0.415 e. The van der Waals surface area contributed by atoms with Crippen LogP contribution in [0.2, 0.25) is 0 Å². The lowest BCUT2D eigenvalue weighted by Gasteiger charge is -2.42. The average molecular weight is 466 g/mol. The Hall–Kier alpha value is -3.86. The highest BCUT2D eigenvalue weighted by molar-refractivity contribution is 5.98. The fourth-order valence-electron chi connectivity index (χ4n) is 6.23. The topological polar surface area (TPSA) is 66.8 Å². The summed E-state index contributed by atoms with van der Waals surface area (Å²) in [6, 6.07) is 19.5. The van der Waals surface area contributed by atoms with Gasteiger partial charge in [0.05, 0.1) is 5.69 Å². The van der Waals surface area contributed by atoms with Gasteiger partial charge in [-0.15, -0.1) is 0 Å². The average Bonchev–Trinajstić information content (AvgIpc) is 3.47. The zero-order valence-corrected chi connectivity index (χ0v) is 19.8. The molecule has 0 unspecified atom stereocenters. The first-order valence-electron chi connectivity index (χ1n) is 12.1. The van der Waals surface area contributed by atoms with Gasteiger partial charge in [-0.25, -0.2) is 9.59 Å².